The van der Waals surface area contributed by atoms with Crippen LogP contribution in [0.4, 0.5) is 11.4 Å². The van der Waals surface area contributed by atoms with Gasteiger partial charge in [-0.1, -0.05) is 35.9 Å². The number of nitrogens with zero attached hydrogens (tertiary/aromatic N) is 1. The van der Waals surface area contributed by atoms with Crippen LogP contribution < -0.4 is 14.4 Å². The molecule has 0 atom stereocenters. The van der Waals surface area contributed by atoms with Crippen LogP contribution in [0, 0.1) is 6.92 Å². The predicted molar refractivity (Wildman–Crippen MR) is 124 cm³/mol. The van der Waals surface area contributed by atoms with E-state index in [4.69, 9.17) is 4.74 Å². The van der Waals surface area contributed by atoms with Crippen molar-refractivity contribution in [1.82, 2.24) is 0 Å². The summed E-state index contributed by atoms with van der Waals surface area (Å²) in [4.78, 5) is 12.6. The molecule has 0 radical (unpaired) electrons. The number of carbonyl (C=O) groups excluding carboxylic acids is 1. The Morgan fingerprint density at radius 2 is 1.68 bits per heavy atom. The van der Waals surface area contributed by atoms with Crippen molar-refractivity contribution >= 4 is 27.3 Å². The van der Waals surface area contributed by atoms with Gasteiger partial charge in [0.1, 0.15) is 5.75 Å². The molecule has 7 heteroatoms. The number of aryl methyl sites for hydroxylation is 1. The van der Waals surface area contributed by atoms with Crippen LogP contribution in [0.2, 0.25) is 0 Å². The minimum Gasteiger partial charge on any atom is -0.494 e. The number of amides is 1. The van der Waals surface area contributed by atoms with E-state index in [1.54, 1.807) is 42.5 Å². The molecule has 1 amide bonds. The van der Waals surface area contributed by atoms with Crippen molar-refractivity contribution in [3.63, 3.8) is 0 Å². The molecule has 0 saturated carbocycles. The third-order valence-corrected chi connectivity index (χ3v) is 5.81. The van der Waals surface area contributed by atoms with E-state index >= 15 is 0 Å². The SMILES string of the molecule is CCOc1cccc(NC(=O)c2ccc(N(Cc3ccc(C)cc3)S(C)(=O)=O)cc2)c1. The highest BCUT2D eigenvalue weighted by Crippen LogP contribution is 2.23. The first-order chi connectivity index (χ1) is 14.8. The first-order valence-electron chi connectivity index (χ1n) is 9.94. The molecule has 0 aliphatic heterocycles. The van der Waals surface area contributed by atoms with Crippen LogP contribution in [-0.4, -0.2) is 27.2 Å². The Morgan fingerprint density at radius 1 is 1.00 bits per heavy atom. The Bertz CT molecular complexity index is 1140. The van der Waals surface area contributed by atoms with Gasteiger partial charge in [-0.15, -0.1) is 0 Å². The van der Waals surface area contributed by atoms with E-state index < -0.39 is 10.0 Å². The third-order valence-electron chi connectivity index (χ3n) is 4.67. The van der Waals surface area contributed by atoms with E-state index in [1.807, 2.05) is 44.2 Å². The molecular formula is C24H26N2O4S. The van der Waals surface area contributed by atoms with E-state index in [2.05, 4.69) is 5.32 Å². The van der Waals surface area contributed by atoms with Gasteiger partial charge in [0.15, 0.2) is 0 Å². The van der Waals surface area contributed by atoms with Gasteiger partial charge >= 0.3 is 0 Å². The molecule has 3 aromatic carbocycles. The Hall–Kier alpha value is -3.32. The number of anilines is 2. The summed E-state index contributed by atoms with van der Waals surface area (Å²) in [7, 11) is -3.50. The second kappa shape index (κ2) is 9.66. The van der Waals surface area contributed by atoms with Gasteiger partial charge in [0.05, 0.1) is 25.1 Å². The Balaban J connectivity index is 1.77. The van der Waals surface area contributed by atoms with Crippen molar-refractivity contribution in [2.24, 2.45) is 0 Å². The van der Waals surface area contributed by atoms with E-state index in [0.29, 0.717) is 29.3 Å². The zero-order valence-electron chi connectivity index (χ0n) is 17.8. The highest BCUT2D eigenvalue weighted by molar-refractivity contribution is 7.92. The van der Waals surface area contributed by atoms with Gasteiger partial charge in [0, 0.05) is 17.3 Å². The summed E-state index contributed by atoms with van der Waals surface area (Å²) in [6.45, 7) is 4.63. The first-order valence-corrected chi connectivity index (χ1v) is 11.8. The molecule has 0 aliphatic carbocycles. The molecule has 0 bridgehead atoms. The standard InChI is InChI=1S/C24H26N2O4S/c1-4-30-23-7-5-6-21(16-23)25-24(27)20-12-14-22(15-13-20)26(31(3,28)29)17-19-10-8-18(2)9-11-19/h5-16H,4,17H2,1-3H3,(H,25,27). The van der Waals surface area contributed by atoms with Crippen LogP contribution in [0.1, 0.15) is 28.4 Å². The Kier molecular flexibility index (Phi) is 6.97. The van der Waals surface area contributed by atoms with Crippen LogP contribution in [0.5, 0.6) is 5.75 Å². The summed E-state index contributed by atoms with van der Waals surface area (Å²) in [6.07, 6.45) is 1.17. The molecule has 0 spiro atoms. The molecule has 0 saturated heterocycles. The maximum Gasteiger partial charge on any atom is 0.255 e. The van der Waals surface area contributed by atoms with E-state index in [1.165, 1.54) is 10.6 Å². The van der Waals surface area contributed by atoms with E-state index in [0.717, 1.165) is 11.1 Å². The summed E-state index contributed by atoms with van der Waals surface area (Å²) >= 11 is 0. The summed E-state index contributed by atoms with van der Waals surface area (Å²) in [5, 5.41) is 2.83. The summed E-state index contributed by atoms with van der Waals surface area (Å²) in [5.41, 5.74) is 3.54. The van der Waals surface area contributed by atoms with Gasteiger partial charge in [-0.2, -0.15) is 0 Å². The lowest BCUT2D eigenvalue weighted by Crippen LogP contribution is -2.29. The van der Waals surface area contributed by atoms with Crippen LogP contribution in [0.25, 0.3) is 0 Å². The topological polar surface area (TPSA) is 75.7 Å². The summed E-state index contributed by atoms with van der Waals surface area (Å²) < 4.78 is 31.5. The second-order valence-electron chi connectivity index (χ2n) is 7.22. The molecule has 1 N–H and O–H groups in total. The van der Waals surface area contributed by atoms with Crippen molar-refractivity contribution in [3.05, 3.63) is 89.5 Å². The van der Waals surface area contributed by atoms with Gasteiger partial charge in [0.2, 0.25) is 10.0 Å². The monoisotopic (exact) mass is 438 g/mol. The summed E-state index contributed by atoms with van der Waals surface area (Å²) in [6, 6.07) is 21.4. The van der Waals surface area contributed by atoms with Crippen LogP contribution >= 0.6 is 0 Å². The fourth-order valence-electron chi connectivity index (χ4n) is 3.07. The number of benzene rings is 3. The summed E-state index contributed by atoms with van der Waals surface area (Å²) in [5.74, 6) is 0.389. The van der Waals surface area contributed by atoms with Crippen LogP contribution in [-0.2, 0) is 16.6 Å². The molecule has 0 unspecified atom stereocenters. The molecule has 3 aromatic rings. The van der Waals surface area contributed by atoms with Crippen molar-refractivity contribution in [1.29, 1.82) is 0 Å². The van der Waals surface area contributed by atoms with Gasteiger partial charge < -0.3 is 10.1 Å². The average molecular weight is 439 g/mol. The average Bonchev–Trinajstić information content (AvgIpc) is 2.73. The van der Waals surface area contributed by atoms with Crippen molar-refractivity contribution in [2.75, 3.05) is 22.5 Å². The van der Waals surface area contributed by atoms with Crippen molar-refractivity contribution in [3.8, 4) is 5.75 Å². The molecule has 0 fully saturated rings. The lowest BCUT2D eigenvalue weighted by molar-refractivity contribution is 0.102. The van der Waals surface area contributed by atoms with Crippen molar-refractivity contribution in [2.45, 2.75) is 20.4 Å². The second-order valence-corrected chi connectivity index (χ2v) is 9.12. The number of sulfonamides is 1. The third kappa shape index (κ3) is 6.08. The maximum absolute atomic E-state index is 12.6. The molecule has 0 aromatic heterocycles. The highest BCUT2D eigenvalue weighted by Gasteiger charge is 2.18. The molecule has 31 heavy (non-hydrogen) atoms. The van der Waals surface area contributed by atoms with E-state index in [-0.39, 0.29) is 12.5 Å². The maximum atomic E-state index is 12.6. The molecule has 162 valence electrons. The molecular weight excluding hydrogens is 412 g/mol. The number of nitrogens with one attached hydrogen (secondary N) is 1. The number of hydrogen-bond acceptors (Lipinski definition) is 4. The number of carbonyl (C=O) groups is 1. The largest absolute Gasteiger partial charge is 0.494 e. The van der Waals surface area contributed by atoms with Gasteiger partial charge in [-0.3, -0.25) is 9.10 Å². The molecule has 6 nitrogen and oxygen atoms in total. The zero-order valence-corrected chi connectivity index (χ0v) is 18.6. The first kappa shape index (κ1) is 22.4. The van der Waals surface area contributed by atoms with Gasteiger partial charge in [-0.05, 0) is 55.8 Å². The lowest BCUT2D eigenvalue weighted by atomic mass is 10.1. The van der Waals surface area contributed by atoms with E-state index in [9.17, 15) is 13.2 Å². The molecule has 3 rings (SSSR count). The lowest BCUT2D eigenvalue weighted by Gasteiger charge is -2.23. The fourth-order valence-corrected chi connectivity index (χ4v) is 3.96. The highest BCUT2D eigenvalue weighted by atomic mass is 32.2. The molecule has 0 heterocycles. The molecule has 0 aliphatic rings. The minimum atomic E-state index is -3.50. The fraction of sp³-hybridized carbons (Fsp3) is 0.208. The zero-order chi connectivity index (χ0) is 22.4. The number of hydrogen-bond donors (Lipinski definition) is 1. The van der Waals surface area contributed by atoms with Crippen LogP contribution in [0.3, 0.4) is 0 Å². The minimum absolute atomic E-state index is 0.217. The van der Waals surface area contributed by atoms with Crippen LogP contribution in [0.15, 0.2) is 72.8 Å². The number of ether oxygens (including phenoxy) is 1. The number of rotatable bonds is 8. The predicted octanol–water partition coefficient (Wildman–Crippen LogP) is 4.61. The quantitative estimate of drug-likeness (QED) is 0.557. The normalized spacial score (nSPS) is 11.1. The smallest absolute Gasteiger partial charge is 0.255 e. The Morgan fingerprint density at radius 3 is 2.29 bits per heavy atom. The Labute approximate surface area is 183 Å². The van der Waals surface area contributed by atoms with Gasteiger partial charge in [0.25, 0.3) is 5.91 Å². The van der Waals surface area contributed by atoms with Gasteiger partial charge in [-0.25, -0.2) is 8.42 Å². The van der Waals surface area contributed by atoms with Crippen molar-refractivity contribution < 1.29 is 17.9 Å².